The Balaban J connectivity index is 2.24. The molecule has 0 saturated heterocycles. The van der Waals surface area contributed by atoms with Gasteiger partial charge in [-0.3, -0.25) is 4.79 Å². The number of carbonyl (C=O) groups excluding carboxylic acids is 1. The average molecular weight is 346 g/mol. The molecule has 0 radical (unpaired) electrons. The SMILES string of the molecule is CCNCc1cccc(NC(=O)c2cc(S(C)(=O)=O)ccc2C)c1. The van der Waals surface area contributed by atoms with E-state index in [0.717, 1.165) is 30.5 Å². The molecule has 0 atom stereocenters. The number of benzene rings is 2. The van der Waals surface area contributed by atoms with E-state index in [1.54, 1.807) is 13.0 Å². The standard InChI is InChI=1S/C18H22N2O3S/c1-4-19-12-14-6-5-7-15(10-14)20-18(21)17-11-16(24(3,22)23)9-8-13(17)2/h5-11,19H,4,12H2,1-3H3,(H,20,21). The first-order chi connectivity index (χ1) is 11.3. The van der Waals surface area contributed by atoms with Crippen LogP contribution in [0.25, 0.3) is 0 Å². The Morgan fingerprint density at radius 2 is 1.88 bits per heavy atom. The van der Waals surface area contributed by atoms with E-state index in [9.17, 15) is 13.2 Å². The number of amides is 1. The summed E-state index contributed by atoms with van der Waals surface area (Å²) in [5.41, 5.74) is 2.83. The fourth-order valence-electron chi connectivity index (χ4n) is 2.30. The molecular weight excluding hydrogens is 324 g/mol. The van der Waals surface area contributed by atoms with E-state index in [0.29, 0.717) is 11.3 Å². The maximum absolute atomic E-state index is 12.5. The lowest BCUT2D eigenvalue weighted by Gasteiger charge is -2.10. The van der Waals surface area contributed by atoms with E-state index >= 15 is 0 Å². The number of carbonyl (C=O) groups is 1. The van der Waals surface area contributed by atoms with Gasteiger partial charge in [-0.05, 0) is 48.9 Å². The molecule has 0 bridgehead atoms. The smallest absolute Gasteiger partial charge is 0.255 e. The van der Waals surface area contributed by atoms with Crippen LogP contribution in [0, 0.1) is 6.92 Å². The molecule has 2 rings (SSSR count). The zero-order valence-electron chi connectivity index (χ0n) is 14.1. The molecule has 24 heavy (non-hydrogen) atoms. The lowest BCUT2D eigenvalue weighted by molar-refractivity contribution is 0.102. The van der Waals surface area contributed by atoms with Crippen LogP contribution in [-0.2, 0) is 16.4 Å². The first-order valence-electron chi connectivity index (χ1n) is 7.73. The maximum Gasteiger partial charge on any atom is 0.255 e. The topological polar surface area (TPSA) is 75.3 Å². The highest BCUT2D eigenvalue weighted by Gasteiger charge is 2.14. The van der Waals surface area contributed by atoms with Gasteiger partial charge in [0.15, 0.2) is 9.84 Å². The molecule has 2 aromatic carbocycles. The molecule has 0 spiro atoms. The summed E-state index contributed by atoms with van der Waals surface area (Å²) in [5.74, 6) is -0.321. The van der Waals surface area contributed by atoms with Gasteiger partial charge in [-0.15, -0.1) is 0 Å². The Labute approximate surface area is 143 Å². The Hall–Kier alpha value is -2.18. The third kappa shape index (κ3) is 4.66. The van der Waals surface area contributed by atoms with Crippen molar-refractivity contribution in [3.63, 3.8) is 0 Å². The van der Waals surface area contributed by atoms with E-state index in [1.807, 2.05) is 31.2 Å². The second-order valence-corrected chi connectivity index (χ2v) is 7.70. The van der Waals surface area contributed by atoms with Gasteiger partial charge in [-0.2, -0.15) is 0 Å². The minimum absolute atomic E-state index is 0.138. The number of hydrogen-bond acceptors (Lipinski definition) is 4. The van der Waals surface area contributed by atoms with E-state index in [2.05, 4.69) is 10.6 Å². The zero-order chi connectivity index (χ0) is 17.7. The van der Waals surface area contributed by atoms with Crippen molar-refractivity contribution in [1.82, 2.24) is 5.32 Å². The quantitative estimate of drug-likeness (QED) is 0.843. The highest BCUT2D eigenvalue weighted by atomic mass is 32.2. The summed E-state index contributed by atoms with van der Waals surface area (Å²) < 4.78 is 23.4. The average Bonchev–Trinajstić information content (AvgIpc) is 2.52. The molecular formula is C18H22N2O3S. The summed E-state index contributed by atoms with van der Waals surface area (Å²) in [4.78, 5) is 12.7. The summed E-state index contributed by atoms with van der Waals surface area (Å²) in [7, 11) is -3.35. The minimum atomic E-state index is -3.35. The molecule has 2 aromatic rings. The van der Waals surface area contributed by atoms with Crippen LogP contribution < -0.4 is 10.6 Å². The number of hydrogen-bond donors (Lipinski definition) is 2. The highest BCUT2D eigenvalue weighted by Crippen LogP contribution is 2.18. The van der Waals surface area contributed by atoms with Gasteiger partial charge in [0.1, 0.15) is 0 Å². The van der Waals surface area contributed by atoms with E-state index in [-0.39, 0.29) is 10.8 Å². The minimum Gasteiger partial charge on any atom is -0.322 e. The van der Waals surface area contributed by atoms with Crippen molar-refractivity contribution in [1.29, 1.82) is 0 Å². The van der Waals surface area contributed by atoms with Crippen molar-refractivity contribution in [2.45, 2.75) is 25.3 Å². The van der Waals surface area contributed by atoms with Crippen LogP contribution in [0.3, 0.4) is 0 Å². The molecule has 0 aliphatic rings. The summed E-state index contributed by atoms with van der Waals surface area (Å²) in [5, 5.41) is 6.06. The summed E-state index contributed by atoms with van der Waals surface area (Å²) in [6, 6.07) is 12.1. The van der Waals surface area contributed by atoms with Crippen molar-refractivity contribution in [2.75, 3.05) is 18.1 Å². The van der Waals surface area contributed by atoms with Crippen molar-refractivity contribution >= 4 is 21.4 Å². The summed E-state index contributed by atoms with van der Waals surface area (Å²) in [6.07, 6.45) is 1.13. The predicted octanol–water partition coefficient (Wildman–Crippen LogP) is 2.76. The van der Waals surface area contributed by atoms with Gasteiger partial charge in [0.25, 0.3) is 5.91 Å². The van der Waals surface area contributed by atoms with Crippen LogP contribution >= 0.6 is 0 Å². The van der Waals surface area contributed by atoms with E-state index < -0.39 is 9.84 Å². The van der Waals surface area contributed by atoms with Gasteiger partial charge in [0, 0.05) is 24.1 Å². The second kappa shape index (κ2) is 7.59. The van der Waals surface area contributed by atoms with Gasteiger partial charge in [-0.1, -0.05) is 25.1 Å². The van der Waals surface area contributed by atoms with Crippen LogP contribution in [0.1, 0.15) is 28.4 Å². The Bertz CT molecular complexity index is 845. The second-order valence-electron chi connectivity index (χ2n) is 5.68. The van der Waals surface area contributed by atoms with E-state index in [1.165, 1.54) is 12.1 Å². The number of aryl methyl sites for hydroxylation is 1. The molecule has 0 unspecified atom stereocenters. The van der Waals surface area contributed by atoms with Gasteiger partial charge in [-0.25, -0.2) is 8.42 Å². The number of rotatable bonds is 6. The normalized spacial score (nSPS) is 11.3. The number of anilines is 1. The van der Waals surface area contributed by atoms with Crippen molar-refractivity contribution in [3.05, 3.63) is 59.2 Å². The molecule has 2 N–H and O–H groups in total. The Morgan fingerprint density at radius 3 is 2.54 bits per heavy atom. The maximum atomic E-state index is 12.5. The molecule has 0 heterocycles. The monoisotopic (exact) mass is 346 g/mol. The van der Waals surface area contributed by atoms with Gasteiger partial charge >= 0.3 is 0 Å². The third-order valence-electron chi connectivity index (χ3n) is 3.65. The summed E-state index contributed by atoms with van der Waals surface area (Å²) >= 11 is 0. The first-order valence-corrected chi connectivity index (χ1v) is 9.62. The zero-order valence-corrected chi connectivity index (χ0v) is 14.9. The van der Waals surface area contributed by atoms with Gasteiger partial charge in [0.05, 0.1) is 4.90 Å². The summed E-state index contributed by atoms with van der Waals surface area (Å²) in [6.45, 7) is 5.41. The van der Waals surface area contributed by atoms with Gasteiger partial charge < -0.3 is 10.6 Å². The van der Waals surface area contributed by atoms with Gasteiger partial charge in [0.2, 0.25) is 0 Å². The van der Waals surface area contributed by atoms with Crippen molar-refractivity contribution in [2.24, 2.45) is 0 Å². The molecule has 0 fully saturated rings. The lowest BCUT2D eigenvalue weighted by atomic mass is 10.1. The molecule has 1 amide bonds. The fourth-order valence-corrected chi connectivity index (χ4v) is 2.95. The first kappa shape index (κ1) is 18.2. The Morgan fingerprint density at radius 1 is 1.12 bits per heavy atom. The number of sulfone groups is 1. The molecule has 6 heteroatoms. The molecule has 5 nitrogen and oxygen atoms in total. The molecule has 0 aliphatic carbocycles. The molecule has 0 aliphatic heterocycles. The van der Waals surface area contributed by atoms with Crippen molar-refractivity contribution in [3.8, 4) is 0 Å². The van der Waals surface area contributed by atoms with Crippen LogP contribution in [0.15, 0.2) is 47.4 Å². The third-order valence-corrected chi connectivity index (χ3v) is 4.76. The lowest BCUT2D eigenvalue weighted by Crippen LogP contribution is -2.15. The Kier molecular flexibility index (Phi) is 5.75. The molecule has 0 aromatic heterocycles. The molecule has 128 valence electrons. The van der Waals surface area contributed by atoms with Crippen LogP contribution in [-0.4, -0.2) is 27.1 Å². The van der Waals surface area contributed by atoms with Crippen molar-refractivity contribution < 1.29 is 13.2 Å². The largest absolute Gasteiger partial charge is 0.322 e. The number of nitrogens with one attached hydrogen (secondary N) is 2. The van der Waals surface area contributed by atoms with Crippen LogP contribution in [0.4, 0.5) is 5.69 Å². The van der Waals surface area contributed by atoms with Crippen LogP contribution in [0.5, 0.6) is 0 Å². The van der Waals surface area contributed by atoms with Crippen LogP contribution in [0.2, 0.25) is 0 Å². The highest BCUT2D eigenvalue weighted by molar-refractivity contribution is 7.90. The fraction of sp³-hybridized carbons (Fsp3) is 0.278. The predicted molar refractivity (Wildman–Crippen MR) is 96.1 cm³/mol. The van der Waals surface area contributed by atoms with E-state index in [4.69, 9.17) is 0 Å². The molecule has 0 saturated carbocycles.